The van der Waals surface area contributed by atoms with Gasteiger partial charge in [0.25, 0.3) is 5.91 Å². The number of nitrogens with zero attached hydrogens (tertiary/aromatic N) is 3. The van der Waals surface area contributed by atoms with Crippen LogP contribution in [-0.2, 0) is 6.54 Å². The van der Waals surface area contributed by atoms with Gasteiger partial charge >= 0.3 is 6.03 Å². The summed E-state index contributed by atoms with van der Waals surface area (Å²) in [6, 6.07) is 13.3. The number of benzene rings is 2. The molecule has 0 radical (unpaired) electrons. The van der Waals surface area contributed by atoms with Crippen LogP contribution in [0.2, 0.25) is 0 Å². The Hall–Kier alpha value is -3.77. The number of nitriles is 1. The first-order chi connectivity index (χ1) is 18.1. The van der Waals surface area contributed by atoms with Crippen molar-refractivity contribution in [3.63, 3.8) is 0 Å². The van der Waals surface area contributed by atoms with Gasteiger partial charge in [0.15, 0.2) is 5.78 Å². The second-order valence-electron chi connectivity index (χ2n) is 10.8. The summed E-state index contributed by atoms with van der Waals surface area (Å²) in [6.45, 7) is 7.03. The minimum Gasteiger partial charge on any atom is -0.338 e. The van der Waals surface area contributed by atoms with Crippen molar-refractivity contribution >= 4 is 23.4 Å². The topological polar surface area (TPSA) is 106 Å². The molecule has 2 N–H and O–H groups in total. The monoisotopic (exact) mass is 519 g/mol. The highest BCUT2D eigenvalue weighted by Crippen LogP contribution is 2.27. The van der Waals surface area contributed by atoms with Gasteiger partial charge in [-0.25, -0.2) is 9.18 Å². The van der Waals surface area contributed by atoms with Gasteiger partial charge in [0.1, 0.15) is 5.82 Å². The number of Topliss-reactive ketones (excluding diaryl/α,β-unsaturated/α-hetero) is 1. The fourth-order valence-electron chi connectivity index (χ4n) is 4.41. The lowest BCUT2D eigenvalue weighted by Gasteiger charge is -2.35. The lowest BCUT2D eigenvalue weighted by molar-refractivity contribution is 0.0627. The molecular formula is C29H34FN5O3. The standard InChI is InChI=1S/C29H34FN5O3/c1-29(2,19-31)16-26(36)22-5-3-4-21(14-22)18-34-10-12-35(13-11-34)27(37)23-8-9-25(24(30)15-23)33-28(38)32-17-20-6-7-20/h3-5,8-9,14-15,20H,6-7,10-13,16-18H2,1-2H3,(H2,32,33,38). The number of carbonyl (C=O) groups excluding carboxylic acids is 3. The molecule has 0 unspecified atom stereocenters. The van der Waals surface area contributed by atoms with E-state index in [1.165, 1.54) is 18.2 Å². The Balaban J connectivity index is 1.28. The molecule has 1 saturated heterocycles. The summed E-state index contributed by atoms with van der Waals surface area (Å²) in [7, 11) is 0. The maximum Gasteiger partial charge on any atom is 0.319 e. The van der Waals surface area contributed by atoms with Gasteiger partial charge in [0, 0.05) is 56.8 Å². The average Bonchev–Trinajstić information content (AvgIpc) is 3.73. The van der Waals surface area contributed by atoms with Crippen molar-refractivity contribution in [1.29, 1.82) is 5.26 Å². The van der Waals surface area contributed by atoms with Crippen LogP contribution in [0.4, 0.5) is 14.9 Å². The fourth-order valence-corrected chi connectivity index (χ4v) is 4.41. The van der Waals surface area contributed by atoms with Gasteiger partial charge in [-0.2, -0.15) is 5.26 Å². The summed E-state index contributed by atoms with van der Waals surface area (Å²) in [5.74, 6) is -0.431. The third kappa shape index (κ3) is 7.39. The fraction of sp³-hybridized carbons (Fsp3) is 0.448. The normalized spacial score (nSPS) is 16.0. The quantitative estimate of drug-likeness (QED) is 0.477. The van der Waals surface area contributed by atoms with E-state index in [-0.39, 0.29) is 29.4 Å². The number of amides is 3. The zero-order chi connectivity index (χ0) is 27.3. The third-order valence-corrected chi connectivity index (χ3v) is 6.93. The van der Waals surface area contributed by atoms with Crippen molar-refractivity contribution in [3.05, 3.63) is 65.0 Å². The molecular weight excluding hydrogens is 485 g/mol. The molecule has 200 valence electrons. The van der Waals surface area contributed by atoms with Crippen LogP contribution in [0.25, 0.3) is 0 Å². The number of urea groups is 1. The number of halogens is 1. The largest absolute Gasteiger partial charge is 0.338 e. The van der Waals surface area contributed by atoms with Crippen LogP contribution >= 0.6 is 0 Å². The predicted octanol–water partition coefficient (Wildman–Crippen LogP) is 4.44. The van der Waals surface area contributed by atoms with Gasteiger partial charge in [-0.15, -0.1) is 0 Å². The van der Waals surface area contributed by atoms with E-state index in [9.17, 15) is 24.0 Å². The van der Waals surface area contributed by atoms with E-state index in [1.807, 2.05) is 18.2 Å². The van der Waals surface area contributed by atoms with Crippen molar-refractivity contribution in [2.45, 2.75) is 39.7 Å². The molecule has 2 aromatic carbocycles. The minimum atomic E-state index is -0.708. The molecule has 3 amide bonds. The van der Waals surface area contributed by atoms with Crippen molar-refractivity contribution in [2.24, 2.45) is 11.3 Å². The molecule has 1 aliphatic carbocycles. The van der Waals surface area contributed by atoms with Crippen LogP contribution in [0.15, 0.2) is 42.5 Å². The van der Waals surface area contributed by atoms with Crippen LogP contribution in [0.5, 0.6) is 0 Å². The first kappa shape index (κ1) is 27.3. The molecule has 1 aliphatic heterocycles. The first-order valence-corrected chi connectivity index (χ1v) is 13.0. The summed E-state index contributed by atoms with van der Waals surface area (Å²) < 4.78 is 14.6. The Morgan fingerprint density at radius 1 is 1.05 bits per heavy atom. The molecule has 0 aromatic heterocycles. The Labute approximate surface area is 222 Å². The van der Waals surface area contributed by atoms with Gasteiger partial charge in [0.2, 0.25) is 0 Å². The van der Waals surface area contributed by atoms with E-state index in [4.69, 9.17) is 0 Å². The third-order valence-electron chi connectivity index (χ3n) is 6.93. The number of hydrogen-bond donors (Lipinski definition) is 2. The second-order valence-corrected chi connectivity index (χ2v) is 10.8. The highest BCUT2D eigenvalue weighted by Gasteiger charge is 2.25. The molecule has 2 aliphatic rings. The summed E-state index contributed by atoms with van der Waals surface area (Å²) in [5, 5.41) is 14.4. The van der Waals surface area contributed by atoms with Crippen LogP contribution < -0.4 is 10.6 Å². The van der Waals surface area contributed by atoms with Crippen molar-refractivity contribution in [2.75, 3.05) is 38.0 Å². The van der Waals surface area contributed by atoms with Crippen LogP contribution in [-0.4, -0.2) is 60.2 Å². The summed E-state index contributed by atoms with van der Waals surface area (Å²) in [6.07, 6.45) is 2.38. The minimum absolute atomic E-state index is 0.0385. The molecule has 0 atom stereocenters. The maximum absolute atomic E-state index is 14.6. The molecule has 1 heterocycles. The van der Waals surface area contributed by atoms with Crippen molar-refractivity contribution < 1.29 is 18.8 Å². The lowest BCUT2D eigenvalue weighted by Crippen LogP contribution is -2.48. The molecule has 0 bridgehead atoms. The number of nitrogens with one attached hydrogen (secondary N) is 2. The molecule has 2 fully saturated rings. The van der Waals surface area contributed by atoms with Gasteiger partial charge in [-0.3, -0.25) is 14.5 Å². The first-order valence-electron chi connectivity index (χ1n) is 13.0. The van der Waals surface area contributed by atoms with E-state index >= 15 is 0 Å². The molecule has 1 saturated carbocycles. The van der Waals surface area contributed by atoms with E-state index in [0.717, 1.165) is 18.4 Å². The highest BCUT2D eigenvalue weighted by molar-refractivity contribution is 5.97. The number of ketones is 1. The second kappa shape index (κ2) is 11.7. The number of anilines is 1. The van der Waals surface area contributed by atoms with Crippen molar-refractivity contribution in [3.8, 4) is 6.07 Å². The SMILES string of the molecule is CC(C)(C#N)CC(=O)c1cccc(CN2CCN(C(=O)c3ccc(NC(=O)NCC4CC4)c(F)c3)CC2)c1. The maximum atomic E-state index is 14.6. The molecule has 8 nitrogen and oxygen atoms in total. The van der Waals surface area contributed by atoms with Gasteiger partial charge < -0.3 is 15.5 Å². The zero-order valence-corrected chi connectivity index (χ0v) is 21.9. The van der Waals surface area contributed by atoms with Crippen LogP contribution in [0.1, 0.15) is 59.4 Å². The number of carbonyl (C=O) groups is 3. The summed E-state index contributed by atoms with van der Waals surface area (Å²) >= 11 is 0. The number of rotatable bonds is 9. The van der Waals surface area contributed by atoms with Gasteiger partial charge in [-0.05, 0) is 62.4 Å². The van der Waals surface area contributed by atoms with E-state index < -0.39 is 17.3 Å². The van der Waals surface area contributed by atoms with Crippen LogP contribution in [0, 0.1) is 28.5 Å². The summed E-state index contributed by atoms with van der Waals surface area (Å²) in [5.41, 5.74) is 1.17. The Morgan fingerprint density at radius 3 is 2.45 bits per heavy atom. The lowest BCUT2D eigenvalue weighted by atomic mass is 9.87. The van der Waals surface area contributed by atoms with E-state index in [2.05, 4.69) is 21.6 Å². The molecule has 4 rings (SSSR count). The van der Waals surface area contributed by atoms with Crippen LogP contribution in [0.3, 0.4) is 0 Å². The Bertz CT molecular complexity index is 1240. The number of piperazine rings is 1. The zero-order valence-electron chi connectivity index (χ0n) is 21.9. The van der Waals surface area contributed by atoms with Gasteiger partial charge in [-0.1, -0.05) is 18.2 Å². The number of hydrogen-bond acceptors (Lipinski definition) is 5. The van der Waals surface area contributed by atoms with Crippen molar-refractivity contribution in [1.82, 2.24) is 15.1 Å². The smallest absolute Gasteiger partial charge is 0.319 e. The predicted molar refractivity (Wildman–Crippen MR) is 142 cm³/mol. The molecule has 9 heteroatoms. The van der Waals surface area contributed by atoms with E-state index in [0.29, 0.717) is 50.7 Å². The molecule has 0 spiro atoms. The Kier molecular flexibility index (Phi) is 8.42. The summed E-state index contributed by atoms with van der Waals surface area (Å²) in [4.78, 5) is 41.4. The molecule has 2 aromatic rings. The van der Waals surface area contributed by atoms with Gasteiger partial charge in [0.05, 0.1) is 17.2 Å². The highest BCUT2D eigenvalue weighted by atomic mass is 19.1. The van der Waals surface area contributed by atoms with E-state index in [1.54, 1.807) is 24.8 Å². The average molecular weight is 520 g/mol. The molecule has 38 heavy (non-hydrogen) atoms. The Morgan fingerprint density at radius 2 is 1.79 bits per heavy atom.